The molecular formula is C12H23N3O. The largest absolute Gasteiger partial charge is 0.331 e. The van der Waals surface area contributed by atoms with E-state index in [0.29, 0.717) is 11.8 Å². The fourth-order valence-corrected chi connectivity index (χ4v) is 3.26. The molecule has 4 heteroatoms. The Balaban J connectivity index is 1.96. The average Bonchev–Trinajstić information content (AvgIpc) is 2.71. The molecule has 2 unspecified atom stereocenters. The summed E-state index contributed by atoms with van der Waals surface area (Å²) in [5.41, 5.74) is 6.36. The SMILES string of the molecule is CCC1(N)CC2CN(C(=O)N(C)C)CC2C1. The lowest BCUT2D eigenvalue weighted by atomic mass is 9.94. The molecule has 2 N–H and O–H groups in total. The number of rotatable bonds is 1. The van der Waals surface area contributed by atoms with Gasteiger partial charge in [-0.25, -0.2) is 4.79 Å². The first-order valence-corrected chi connectivity index (χ1v) is 6.20. The van der Waals surface area contributed by atoms with Crippen LogP contribution in [-0.4, -0.2) is 48.6 Å². The normalized spacial score (nSPS) is 37.6. The van der Waals surface area contributed by atoms with Crippen molar-refractivity contribution >= 4 is 6.03 Å². The van der Waals surface area contributed by atoms with Crippen LogP contribution < -0.4 is 5.73 Å². The highest BCUT2D eigenvalue weighted by Crippen LogP contribution is 2.44. The Hall–Kier alpha value is -0.770. The highest BCUT2D eigenvalue weighted by Gasteiger charge is 2.47. The van der Waals surface area contributed by atoms with Gasteiger partial charge in [0.05, 0.1) is 0 Å². The molecule has 1 saturated heterocycles. The molecule has 0 radical (unpaired) electrons. The number of hydrogen-bond donors (Lipinski definition) is 1. The molecule has 2 fully saturated rings. The monoisotopic (exact) mass is 225 g/mol. The van der Waals surface area contributed by atoms with Gasteiger partial charge in [0.25, 0.3) is 0 Å². The maximum atomic E-state index is 11.8. The lowest BCUT2D eigenvalue weighted by Gasteiger charge is -2.27. The highest BCUT2D eigenvalue weighted by molar-refractivity contribution is 5.74. The Labute approximate surface area is 97.8 Å². The van der Waals surface area contributed by atoms with Gasteiger partial charge in [0.1, 0.15) is 0 Å². The smallest absolute Gasteiger partial charge is 0.319 e. The standard InChI is InChI=1S/C12H23N3O/c1-4-12(13)5-9-7-15(8-10(9)6-12)11(16)14(2)3/h9-10H,4-8,13H2,1-3H3. The molecule has 16 heavy (non-hydrogen) atoms. The van der Waals surface area contributed by atoms with E-state index in [9.17, 15) is 4.79 Å². The summed E-state index contributed by atoms with van der Waals surface area (Å²) in [6.45, 7) is 3.98. The van der Waals surface area contributed by atoms with Crippen molar-refractivity contribution in [3.05, 3.63) is 0 Å². The van der Waals surface area contributed by atoms with Crippen molar-refractivity contribution in [2.45, 2.75) is 31.7 Å². The third kappa shape index (κ3) is 1.90. The number of fused-ring (bicyclic) bond motifs is 1. The molecule has 1 aliphatic carbocycles. The second kappa shape index (κ2) is 3.91. The first-order chi connectivity index (χ1) is 7.45. The lowest BCUT2D eigenvalue weighted by Crippen LogP contribution is -2.41. The Morgan fingerprint density at radius 3 is 2.25 bits per heavy atom. The van der Waals surface area contributed by atoms with Crippen molar-refractivity contribution in [3.8, 4) is 0 Å². The molecule has 0 aromatic heterocycles. The van der Waals surface area contributed by atoms with Gasteiger partial charge in [0.2, 0.25) is 0 Å². The van der Waals surface area contributed by atoms with Crippen LogP contribution in [0.1, 0.15) is 26.2 Å². The van der Waals surface area contributed by atoms with Crippen LogP contribution in [0.25, 0.3) is 0 Å². The summed E-state index contributed by atoms with van der Waals surface area (Å²) in [5.74, 6) is 1.27. The number of hydrogen-bond acceptors (Lipinski definition) is 2. The number of carbonyl (C=O) groups is 1. The molecular weight excluding hydrogens is 202 g/mol. The summed E-state index contributed by atoms with van der Waals surface area (Å²) in [5, 5.41) is 0. The van der Waals surface area contributed by atoms with E-state index in [1.807, 2.05) is 19.0 Å². The van der Waals surface area contributed by atoms with Crippen molar-refractivity contribution in [2.24, 2.45) is 17.6 Å². The molecule has 1 saturated carbocycles. The zero-order chi connectivity index (χ0) is 11.9. The second-order valence-corrected chi connectivity index (χ2v) is 5.73. The molecule has 1 heterocycles. The van der Waals surface area contributed by atoms with Crippen molar-refractivity contribution < 1.29 is 4.79 Å². The fourth-order valence-electron chi connectivity index (χ4n) is 3.26. The van der Waals surface area contributed by atoms with Crippen LogP contribution >= 0.6 is 0 Å². The van der Waals surface area contributed by atoms with Crippen molar-refractivity contribution in [3.63, 3.8) is 0 Å². The van der Waals surface area contributed by atoms with E-state index in [2.05, 4.69) is 6.92 Å². The lowest BCUT2D eigenvalue weighted by molar-refractivity contribution is 0.176. The minimum atomic E-state index is 0.0442. The van der Waals surface area contributed by atoms with Crippen LogP contribution in [0.4, 0.5) is 4.79 Å². The third-order valence-corrected chi connectivity index (χ3v) is 4.27. The Kier molecular flexibility index (Phi) is 2.86. The van der Waals surface area contributed by atoms with Crippen LogP contribution in [0, 0.1) is 11.8 Å². The predicted molar refractivity (Wildman–Crippen MR) is 64.1 cm³/mol. The van der Waals surface area contributed by atoms with Gasteiger partial charge in [0.15, 0.2) is 0 Å². The molecule has 4 nitrogen and oxygen atoms in total. The number of amides is 2. The number of likely N-dealkylation sites (tertiary alicyclic amines) is 1. The van der Waals surface area contributed by atoms with Crippen LogP contribution in [0.5, 0.6) is 0 Å². The van der Waals surface area contributed by atoms with Crippen LogP contribution in [0.3, 0.4) is 0 Å². The summed E-state index contributed by atoms with van der Waals surface area (Å²) in [6.07, 6.45) is 3.23. The molecule has 2 amide bonds. The van der Waals surface area contributed by atoms with E-state index in [0.717, 1.165) is 32.4 Å². The minimum Gasteiger partial charge on any atom is -0.331 e. The Bertz CT molecular complexity index is 276. The van der Waals surface area contributed by atoms with Gasteiger partial charge < -0.3 is 15.5 Å². The first kappa shape index (κ1) is 11.7. The van der Waals surface area contributed by atoms with Crippen LogP contribution in [-0.2, 0) is 0 Å². The van der Waals surface area contributed by atoms with Crippen molar-refractivity contribution in [2.75, 3.05) is 27.2 Å². The molecule has 2 aliphatic rings. The summed E-state index contributed by atoms with van der Waals surface area (Å²) >= 11 is 0. The van der Waals surface area contributed by atoms with Crippen molar-refractivity contribution in [1.82, 2.24) is 9.80 Å². The molecule has 2 atom stereocenters. The molecule has 0 aromatic rings. The summed E-state index contributed by atoms with van der Waals surface area (Å²) < 4.78 is 0. The Morgan fingerprint density at radius 1 is 1.38 bits per heavy atom. The van der Waals surface area contributed by atoms with Gasteiger partial charge in [-0.1, -0.05) is 6.92 Å². The summed E-state index contributed by atoms with van der Waals surface area (Å²) in [7, 11) is 3.63. The number of carbonyl (C=O) groups excluding carboxylic acids is 1. The van der Waals surface area contributed by atoms with E-state index in [-0.39, 0.29) is 11.6 Å². The molecule has 0 bridgehead atoms. The second-order valence-electron chi connectivity index (χ2n) is 5.73. The molecule has 2 rings (SSSR count). The van der Waals surface area contributed by atoms with Crippen LogP contribution in [0.15, 0.2) is 0 Å². The fraction of sp³-hybridized carbons (Fsp3) is 0.917. The predicted octanol–water partition coefficient (Wildman–Crippen LogP) is 1.12. The van der Waals surface area contributed by atoms with E-state index >= 15 is 0 Å². The maximum absolute atomic E-state index is 11.8. The zero-order valence-electron chi connectivity index (χ0n) is 10.6. The summed E-state index contributed by atoms with van der Waals surface area (Å²) in [4.78, 5) is 15.5. The Morgan fingerprint density at radius 2 is 1.88 bits per heavy atom. The maximum Gasteiger partial charge on any atom is 0.319 e. The minimum absolute atomic E-state index is 0.0442. The van der Waals surface area contributed by atoms with E-state index < -0.39 is 0 Å². The number of nitrogens with zero attached hydrogens (tertiary/aromatic N) is 2. The number of urea groups is 1. The van der Waals surface area contributed by atoms with Crippen LogP contribution in [0.2, 0.25) is 0 Å². The molecule has 0 spiro atoms. The average molecular weight is 225 g/mol. The zero-order valence-corrected chi connectivity index (χ0v) is 10.6. The third-order valence-electron chi connectivity index (χ3n) is 4.27. The quantitative estimate of drug-likeness (QED) is 0.727. The first-order valence-electron chi connectivity index (χ1n) is 6.20. The molecule has 92 valence electrons. The number of nitrogens with two attached hydrogens (primary N) is 1. The summed E-state index contributed by atoms with van der Waals surface area (Å²) in [6, 6.07) is 0.147. The van der Waals surface area contributed by atoms with Gasteiger partial charge in [0, 0.05) is 32.7 Å². The van der Waals surface area contributed by atoms with Crippen molar-refractivity contribution in [1.29, 1.82) is 0 Å². The van der Waals surface area contributed by atoms with Gasteiger partial charge >= 0.3 is 6.03 Å². The van der Waals surface area contributed by atoms with E-state index in [1.54, 1.807) is 4.90 Å². The van der Waals surface area contributed by atoms with E-state index in [1.165, 1.54) is 0 Å². The topological polar surface area (TPSA) is 49.6 Å². The molecule has 1 aliphatic heterocycles. The highest BCUT2D eigenvalue weighted by atomic mass is 16.2. The van der Waals surface area contributed by atoms with Gasteiger partial charge in [-0.05, 0) is 31.1 Å². The van der Waals surface area contributed by atoms with Gasteiger partial charge in [-0.3, -0.25) is 0 Å². The van der Waals surface area contributed by atoms with Gasteiger partial charge in [-0.2, -0.15) is 0 Å². The van der Waals surface area contributed by atoms with Gasteiger partial charge in [-0.15, -0.1) is 0 Å². The van der Waals surface area contributed by atoms with E-state index in [4.69, 9.17) is 5.73 Å². The molecule has 0 aromatic carbocycles.